The van der Waals surface area contributed by atoms with Crippen LogP contribution in [0.5, 0.6) is 0 Å². The van der Waals surface area contributed by atoms with Gasteiger partial charge in [0, 0.05) is 12.6 Å². The Balaban J connectivity index is 2.23. The zero-order valence-electron chi connectivity index (χ0n) is 11.1. The summed E-state index contributed by atoms with van der Waals surface area (Å²) >= 11 is 5.05. The van der Waals surface area contributed by atoms with Gasteiger partial charge in [-0.05, 0) is 30.8 Å². The van der Waals surface area contributed by atoms with E-state index in [-0.39, 0.29) is 5.69 Å². The van der Waals surface area contributed by atoms with E-state index in [1.54, 1.807) is 0 Å². The minimum absolute atomic E-state index is 0.185. The molecule has 0 bridgehead atoms. The summed E-state index contributed by atoms with van der Waals surface area (Å²) in [6.45, 7) is 2.94. The highest BCUT2D eigenvalue weighted by atomic mass is 32.1. The van der Waals surface area contributed by atoms with Crippen molar-refractivity contribution in [3.8, 4) is 0 Å². The highest BCUT2D eigenvalue weighted by Gasteiger charge is 2.04. The van der Waals surface area contributed by atoms with Crippen LogP contribution in [0.3, 0.4) is 0 Å². The molecule has 0 aliphatic heterocycles. The van der Waals surface area contributed by atoms with E-state index in [1.165, 1.54) is 31.4 Å². The van der Waals surface area contributed by atoms with E-state index < -0.39 is 11.6 Å². The lowest BCUT2D eigenvalue weighted by atomic mass is 10.1. The third kappa shape index (κ3) is 6.47. The number of nitrogens with one attached hydrogen (secondary N) is 2. The molecule has 0 aromatic heterocycles. The van der Waals surface area contributed by atoms with Crippen LogP contribution < -0.4 is 10.6 Å². The van der Waals surface area contributed by atoms with Crippen LogP contribution in [0, 0.1) is 11.6 Å². The second-order valence-electron chi connectivity index (χ2n) is 4.42. The Morgan fingerprint density at radius 2 is 1.89 bits per heavy atom. The van der Waals surface area contributed by atoms with Crippen LogP contribution in [0.1, 0.15) is 39.0 Å². The molecule has 1 aromatic carbocycles. The summed E-state index contributed by atoms with van der Waals surface area (Å²) < 4.78 is 26.1. The van der Waals surface area contributed by atoms with Gasteiger partial charge in [0.15, 0.2) is 5.11 Å². The van der Waals surface area contributed by atoms with Crippen LogP contribution in [-0.2, 0) is 0 Å². The maximum absolute atomic E-state index is 13.3. The molecule has 2 nitrogen and oxygen atoms in total. The van der Waals surface area contributed by atoms with Gasteiger partial charge in [-0.25, -0.2) is 8.78 Å². The molecule has 0 unspecified atom stereocenters. The van der Waals surface area contributed by atoms with E-state index in [0.717, 1.165) is 25.5 Å². The quantitative estimate of drug-likeness (QED) is 0.579. The van der Waals surface area contributed by atoms with Gasteiger partial charge in [0.25, 0.3) is 0 Å². The first-order chi connectivity index (χ1) is 9.13. The van der Waals surface area contributed by atoms with Crippen molar-refractivity contribution < 1.29 is 8.78 Å². The van der Waals surface area contributed by atoms with Gasteiger partial charge in [0.05, 0.1) is 5.69 Å². The molecular weight excluding hydrogens is 266 g/mol. The van der Waals surface area contributed by atoms with E-state index in [1.807, 2.05) is 0 Å². The molecule has 0 amide bonds. The molecule has 0 fully saturated rings. The Kier molecular flexibility index (Phi) is 7.33. The fraction of sp³-hybridized carbons (Fsp3) is 0.500. The number of rotatable bonds is 7. The normalized spacial score (nSPS) is 10.3. The average molecular weight is 286 g/mol. The minimum Gasteiger partial charge on any atom is -0.362 e. The van der Waals surface area contributed by atoms with Crippen molar-refractivity contribution in [2.75, 3.05) is 11.9 Å². The second-order valence-corrected chi connectivity index (χ2v) is 4.83. The van der Waals surface area contributed by atoms with E-state index in [4.69, 9.17) is 12.2 Å². The fourth-order valence-electron chi connectivity index (χ4n) is 1.69. The molecule has 0 atom stereocenters. The average Bonchev–Trinajstić information content (AvgIpc) is 2.37. The van der Waals surface area contributed by atoms with E-state index in [0.29, 0.717) is 5.11 Å². The van der Waals surface area contributed by atoms with Crippen molar-refractivity contribution in [3.63, 3.8) is 0 Å². The SMILES string of the molecule is CCCCCCCNC(=S)Nc1ccc(F)cc1F. The van der Waals surface area contributed by atoms with Crippen molar-refractivity contribution in [1.82, 2.24) is 5.32 Å². The minimum atomic E-state index is -0.646. The van der Waals surface area contributed by atoms with Gasteiger partial charge in [-0.2, -0.15) is 0 Å². The van der Waals surface area contributed by atoms with Crippen molar-refractivity contribution >= 4 is 23.0 Å². The monoisotopic (exact) mass is 286 g/mol. The standard InChI is InChI=1S/C14H20F2N2S/c1-2-3-4-5-6-9-17-14(19)18-13-8-7-11(15)10-12(13)16/h7-8,10H,2-6,9H2,1H3,(H2,17,18,19). The molecule has 2 N–H and O–H groups in total. The Morgan fingerprint density at radius 3 is 2.58 bits per heavy atom. The van der Waals surface area contributed by atoms with Crippen LogP contribution in [0.2, 0.25) is 0 Å². The lowest BCUT2D eigenvalue weighted by molar-refractivity contribution is 0.586. The second kappa shape index (κ2) is 8.80. The van der Waals surface area contributed by atoms with Crippen LogP contribution in [0.25, 0.3) is 0 Å². The number of halogens is 2. The van der Waals surface area contributed by atoms with E-state index in [9.17, 15) is 8.78 Å². The molecule has 0 saturated carbocycles. The highest BCUT2D eigenvalue weighted by Crippen LogP contribution is 2.14. The third-order valence-electron chi connectivity index (χ3n) is 2.75. The molecule has 1 aromatic rings. The summed E-state index contributed by atoms with van der Waals surface area (Å²) in [6, 6.07) is 3.36. The molecule has 5 heteroatoms. The number of hydrogen-bond acceptors (Lipinski definition) is 1. The maximum Gasteiger partial charge on any atom is 0.170 e. The smallest absolute Gasteiger partial charge is 0.170 e. The lowest BCUT2D eigenvalue weighted by Gasteiger charge is -2.11. The number of hydrogen-bond donors (Lipinski definition) is 2. The van der Waals surface area contributed by atoms with E-state index in [2.05, 4.69) is 17.6 Å². The Morgan fingerprint density at radius 1 is 1.16 bits per heavy atom. The van der Waals surface area contributed by atoms with Crippen molar-refractivity contribution in [1.29, 1.82) is 0 Å². The molecule has 0 aliphatic rings. The molecule has 0 saturated heterocycles. The van der Waals surface area contributed by atoms with Gasteiger partial charge >= 0.3 is 0 Å². The van der Waals surface area contributed by atoms with Crippen molar-refractivity contribution in [2.45, 2.75) is 39.0 Å². The molecule has 106 valence electrons. The number of thiocarbonyl (C=S) groups is 1. The first-order valence-electron chi connectivity index (χ1n) is 6.63. The topological polar surface area (TPSA) is 24.1 Å². The molecule has 0 aliphatic carbocycles. The predicted octanol–water partition coefficient (Wildman–Crippen LogP) is 4.22. The predicted molar refractivity (Wildman–Crippen MR) is 79.3 cm³/mol. The molecule has 19 heavy (non-hydrogen) atoms. The Hall–Kier alpha value is -1.23. The number of unbranched alkanes of at least 4 members (excludes halogenated alkanes) is 4. The van der Waals surface area contributed by atoms with Gasteiger partial charge in [0.2, 0.25) is 0 Å². The zero-order valence-corrected chi connectivity index (χ0v) is 12.0. The van der Waals surface area contributed by atoms with Gasteiger partial charge < -0.3 is 10.6 Å². The van der Waals surface area contributed by atoms with Crippen LogP contribution in [0.15, 0.2) is 18.2 Å². The Labute approximate surface area is 118 Å². The largest absolute Gasteiger partial charge is 0.362 e. The number of anilines is 1. The van der Waals surface area contributed by atoms with Crippen LogP contribution >= 0.6 is 12.2 Å². The molecule has 0 heterocycles. The summed E-state index contributed by atoms with van der Waals surface area (Å²) in [7, 11) is 0. The maximum atomic E-state index is 13.3. The van der Waals surface area contributed by atoms with Crippen LogP contribution in [-0.4, -0.2) is 11.7 Å². The first kappa shape index (κ1) is 15.8. The van der Waals surface area contributed by atoms with Crippen LogP contribution in [0.4, 0.5) is 14.5 Å². The first-order valence-corrected chi connectivity index (χ1v) is 7.04. The molecule has 1 rings (SSSR count). The van der Waals surface area contributed by atoms with Crippen molar-refractivity contribution in [3.05, 3.63) is 29.8 Å². The molecular formula is C14H20F2N2S. The summed E-state index contributed by atoms with van der Waals surface area (Å²) in [5.41, 5.74) is 0.185. The lowest BCUT2D eigenvalue weighted by Crippen LogP contribution is -2.29. The third-order valence-corrected chi connectivity index (χ3v) is 2.99. The zero-order chi connectivity index (χ0) is 14.1. The van der Waals surface area contributed by atoms with E-state index >= 15 is 0 Å². The summed E-state index contributed by atoms with van der Waals surface area (Å²) in [5.74, 6) is -1.25. The molecule has 0 spiro atoms. The van der Waals surface area contributed by atoms with Gasteiger partial charge in [-0.15, -0.1) is 0 Å². The molecule has 0 radical (unpaired) electrons. The summed E-state index contributed by atoms with van der Waals surface area (Å²) in [6.07, 6.45) is 5.90. The highest BCUT2D eigenvalue weighted by molar-refractivity contribution is 7.80. The van der Waals surface area contributed by atoms with Gasteiger partial charge in [-0.3, -0.25) is 0 Å². The van der Waals surface area contributed by atoms with Gasteiger partial charge in [-0.1, -0.05) is 32.6 Å². The van der Waals surface area contributed by atoms with Crippen molar-refractivity contribution in [2.24, 2.45) is 0 Å². The fourth-order valence-corrected chi connectivity index (χ4v) is 1.90. The summed E-state index contributed by atoms with van der Waals surface area (Å²) in [4.78, 5) is 0. The van der Waals surface area contributed by atoms with Gasteiger partial charge in [0.1, 0.15) is 11.6 Å². The Bertz CT molecular complexity index is 410. The number of benzene rings is 1. The summed E-state index contributed by atoms with van der Waals surface area (Å²) in [5, 5.41) is 6.09.